The van der Waals surface area contributed by atoms with Crippen LogP contribution in [0.15, 0.2) is 0 Å². The van der Waals surface area contributed by atoms with Crippen molar-refractivity contribution in [3.63, 3.8) is 0 Å². The Hall–Kier alpha value is -1.34. The van der Waals surface area contributed by atoms with Crippen molar-refractivity contribution in [2.45, 2.75) is 54.1 Å². The zero-order chi connectivity index (χ0) is 17.6. The fourth-order valence-corrected chi connectivity index (χ4v) is 1.46. The summed E-state index contributed by atoms with van der Waals surface area (Å²) >= 11 is 0. The molecular weight excluding hydrogens is 286 g/mol. The highest BCUT2D eigenvalue weighted by molar-refractivity contribution is 5.77. The first kappa shape index (κ1) is 22.9. The van der Waals surface area contributed by atoms with Crippen LogP contribution in [0.4, 0.5) is 4.79 Å². The van der Waals surface area contributed by atoms with Crippen molar-refractivity contribution in [2.75, 3.05) is 32.8 Å². The second-order valence-electron chi connectivity index (χ2n) is 5.02. The molecule has 0 bridgehead atoms. The molecule has 1 rings (SSSR count). The number of rotatable bonds is 3. The van der Waals surface area contributed by atoms with Crippen LogP contribution in [-0.2, 0) is 14.4 Å². The van der Waals surface area contributed by atoms with Crippen molar-refractivity contribution in [3.05, 3.63) is 0 Å². The number of nitrogens with one attached hydrogen (secondary N) is 2. The lowest BCUT2D eigenvalue weighted by Crippen LogP contribution is -2.48. The molecule has 2 N–H and O–H groups in total. The van der Waals surface area contributed by atoms with E-state index in [1.54, 1.807) is 25.7 Å². The molecule has 2 amide bonds. The Bertz CT molecular complexity index is 298. The number of hydrogen-bond acceptors (Lipinski definition) is 5. The van der Waals surface area contributed by atoms with Crippen LogP contribution in [-0.4, -0.2) is 55.3 Å². The first-order valence-electron chi connectivity index (χ1n) is 7.98. The van der Waals surface area contributed by atoms with E-state index in [9.17, 15) is 9.59 Å². The molecule has 1 fully saturated rings. The van der Waals surface area contributed by atoms with Crippen LogP contribution >= 0.6 is 0 Å². The molecule has 0 radical (unpaired) electrons. The van der Waals surface area contributed by atoms with Gasteiger partial charge in [-0.2, -0.15) is 5.48 Å². The summed E-state index contributed by atoms with van der Waals surface area (Å²) in [6, 6.07) is 0. The monoisotopic (exact) mass is 319 g/mol. The summed E-state index contributed by atoms with van der Waals surface area (Å²) < 4.78 is 4.96. The zero-order valence-corrected chi connectivity index (χ0v) is 15.1. The normalized spacial score (nSPS) is 13.9. The summed E-state index contributed by atoms with van der Waals surface area (Å²) in [6.45, 7) is 16.0. The van der Waals surface area contributed by atoms with Crippen LogP contribution < -0.4 is 10.8 Å². The van der Waals surface area contributed by atoms with Gasteiger partial charge < -0.3 is 15.0 Å². The summed E-state index contributed by atoms with van der Waals surface area (Å²) in [4.78, 5) is 29.4. The standard InChI is InChI=1S/C11H21N3O4.2C2H6/c1-11(2,3)18-10(16)13-17-8-9(15)14-6-4-12-5-7-14;2*1-2/h12H,4-8H2,1-3H3,(H,13,16);2*1-2H3. The van der Waals surface area contributed by atoms with Gasteiger partial charge in [0.1, 0.15) is 5.60 Å². The molecule has 7 nitrogen and oxygen atoms in total. The Labute approximate surface area is 134 Å². The average molecular weight is 319 g/mol. The topological polar surface area (TPSA) is 79.9 Å². The van der Waals surface area contributed by atoms with E-state index >= 15 is 0 Å². The van der Waals surface area contributed by atoms with E-state index in [4.69, 9.17) is 9.57 Å². The third kappa shape index (κ3) is 12.4. The minimum absolute atomic E-state index is 0.146. The molecule has 22 heavy (non-hydrogen) atoms. The molecule has 0 aromatic carbocycles. The van der Waals surface area contributed by atoms with E-state index in [0.717, 1.165) is 13.1 Å². The first-order valence-corrected chi connectivity index (χ1v) is 7.98. The van der Waals surface area contributed by atoms with Crippen LogP contribution in [0.1, 0.15) is 48.5 Å². The van der Waals surface area contributed by atoms with Gasteiger partial charge in [0.25, 0.3) is 5.91 Å². The van der Waals surface area contributed by atoms with Crippen LogP contribution in [0.2, 0.25) is 0 Å². The Morgan fingerprint density at radius 3 is 2.05 bits per heavy atom. The number of carbonyl (C=O) groups is 2. The fourth-order valence-electron chi connectivity index (χ4n) is 1.46. The zero-order valence-electron chi connectivity index (χ0n) is 15.1. The maximum absolute atomic E-state index is 11.6. The maximum Gasteiger partial charge on any atom is 0.431 e. The predicted molar refractivity (Wildman–Crippen MR) is 87.5 cm³/mol. The molecule has 1 aliphatic rings. The van der Waals surface area contributed by atoms with Gasteiger partial charge in [-0.1, -0.05) is 27.7 Å². The molecule has 0 aromatic rings. The van der Waals surface area contributed by atoms with Crippen molar-refractivity contribution < 1.29 is 19.2 Å². The second kappa shape index (κ2) is 13.3. The molecule has 0 aromatic heterocycles. The van der Waals surface area contributed by atoms with Crippen molar-refractivity contribution in [1.29, 1.82) is 0 Å². The summed E-state index contributed by atoms with van der Waals surface area (Å²) in [7, 11) is 0. The number of ether oxygens (including phenoxy) is 1. The van der Waals surface area contributed by atoms with Gasteiger partial charge >= 0.3 is 6.09 Å². The van der Waals surface area contributed by atoms with E-state index in [2.05, 4.69) is 10.8 Å². The van der Waals surface area contributed by atoms with Gasteiger partial charge in [-0.05, 0) is 20.8 Å². The molecule has 1 aliphatic heterocycles. The molecule has 0 unspecified atom stereocenters. The van der Waals surface area contributed by atoms with Gasteiger partial charge in [0.2, 0.25) is 0 Å². The average Bonchev–Trinajstić information content (AvgIpc) is 2.50. The SMILES string of the molecule is CC.CC.CC(C)(C)OC(=O)NOCC(=O)N1CCNCC1. The largest absolute Gasteiger partial charge is 0.442 e. The molecule has 0 aliphatic carbocycles. The van der Waals surface area contributed by atoms with Crippen molar-refractivity contribution in [3.8, 4) is 0 Å². The highest BCUT2D eigenvalue weighted by Crippen LogP contribution is 2.06. The van der Waals surface area contributed by atoms with Crippen LogP contribution in [0, 0.1) is 0 Å². The summed E-state index contributed by atoms with van der Waals surface area (Å²) in [5.74, 6) is -0.146. The molecule has 0 saturated carbocycles. The Balaban J connectivity index is 0. The third-order valence-corrected chi connectivity index (χ3v) is 2.22. The van der Waals surface area contributed by atoms with E-state index in [0.29, 0.717) is 13.1 Å². The number of piperazine rings is 1. The Morgan fingerprint density at radius 2 is 1.59 bits per heavy atom. The number of carbonyl (C=O) groups excluding carboxylic acids is 2. The van der Waals surface area contributed by atoms with Gasteiger partial charge in [0.15, 0.2) is 6.61 Å². The van der Waals surface area contributed by atoms with Crippen LogP contribution in [0.25, 0.3) is 0 Å². The quantitative estimate of drug-likeness (QED) is 0.777. The number of hydroxylamine groups is 1. The lowest BCUT2D eigenvalue weighted by Gasteiger charge is -2.27. The summed E-state index contributed by atoms with van der Waals surface area (Å²) in [6.07, 6.45) is -0.699. The van der Waals surface area contributed by atoms with Crippen molar-refractivity contribution >= 4 is 12.0 Å². The van der Waals surface area contributed by atoms with Gasteiger partial charge in [-0.25, -0.2) is 4.79 Å². The molecule has 7 heteroatoms. The van der Waals surface area contributed by atoms with E-state index in [1.807, 2.05) is 27.7 Å². The minimum atomic E-state index is -0.699. The predicted octanol–water partition coefficient (Wildman–Crippen LogP) is 1.93. The second-order valence-corrected chi connectivity index (χ2v) is 5.02. The smallest absolute Gasteiger partial charge is 0.431 e. The first-order chi connectivity index (χ1) is 10.4. The van der Waals surface area contributed by atoms with Gasteiger partial charge in [-0.15, -0.1) is 0 Å². The minimum Gasteiger partial charge on any atom is -0.442 e. The summed E-state index contributed by atoms with van der Waals surface area (Å²) in [5, 5.41) is 3.15. The number of nitrogens with zero attached hydrogens (tertiary/aromatic N) is 1. The van der Waals surface area contributed by atoms with Gasteiger partial charge in [0, 0.05) is 26.2 Å². The highest BCUT2D eigenvalue weighted by atomic mass is 16.7. The van der Waals surface area contributed by atoms with Gasteiger partial charge in [-0.3, -0.25) is 9.63 Å². The number of amides is 2. The molecule has 132 valence electrons. The van der Waals surface area contributed by atoms with E-state index in [1.165, 1.54) is 0 Å². The highest BCUT2D eigenvalue weighted by Gasteiger charge is 2.18. The molecule has 0 atom stereocenters. The maximum atomic E-state index is 11.6. The van der Waals surface area contributed by atoms with E-state index < -0.39 is 11.7 Å². The molecule has 0 spiro atoms. The molecule has 1 saturated heterocycles. The van der Waals surface area contributed by atoms with E-state index in [-0.39, 0.29) is 12.5 Å². The fraction of sp³-hybridized carbons (Fsp3) is 0.867. The number of hydrogen-bond donors (Lipinski definition) is 2. The lowest BCUT2D eigenvalue weighted by atomic mass is 10.2. The lowest BCUT2D eigenvalue weighted by molar-refractivity contribution is -0.139. The van der Waals surface area contributed by atoms with Gasteiger partial charge in [0.05, 0.1) is 0 Å². The van der Waals surface area contributed by atoms with Crippen molar-refractivity contribution in [2.24, 2.45) is 0 Å². The van der Waals surface area contributed by atoms with Crippen LogP contribution in [0.5, 0.6) is 0 Å². The summed E-state index contributed by atoms with van der Waals surface area (Å²) in [5.41, 5.74) is 1.50. The Morgan fingerprint density at radius 1 is 1.09 bits per heavy atom. The van der Waals surface area contributed by atoms with Crippen molar-refractivity contribution in [1.82, 2.24) is 15.7 Å². The molecular formula is C15H33N3O4. The molecule has 1 heterocycles. The Kier molecular flexibility index (Phi) is 13.9. The third-order valence-electron chi connectivity index (χ3n) is 2.22. The van der Waals surface area contributed by atoms with Crippen LogP contribution in [0.3, 0.4) is 0 Å².